The lowest BCUT2D eigenvalue weighted by molar-refractivity contribution is 0.395. The van der Waals surface area contributed by atoms with Gasteiger partial charge in [0.25, 0.3) is 0 Å². The highest BCUT2D eigenvalue weighted by atomic mass is 14.7. The largest absolute Gasteiger partial charge is 0.361 e. The molecule has 0 spiro atoms. The van der Waals surface area contributed by atoms with Crippen LogP contribution in [0.2, 0.25) is 0 Å². The summed E-state index contributed by atoms with van der Waals surface area (Å²) in [5, 5.41) is 10.2. The van der Waals surface area contributed by atoms with E-state index in [1.165, 1.54) is 0 Å². The van der Waals surface area contributed by atoms with E-state index in [-0.39, 0.29) is 6.04 Å². The zero-order valence-electron chi connectivity index (χ0n) is 9.49. The maximum atomic E-state index is 9.10. The van der Waals surface area contributed by atoms with Gasteiger partial charge in [0.2, 0.25) is 0 Å². The lowest BCUT2D eigenvalue weighted by atomic mass is 9.82. The van der Waals surface area contributed by atoms with E-state index in [4.69, 9.17) is 11.0 Å². The molecule has 3 nitrogen and oxygen atoms in total. The highest BCUT2D eigenvalue weighted by molar-refractivity contribution is 5.83. The van der Waals surface area contributed by atoms with Gasteiger partial charge >= 0.3 is 0 Å². The molecule has 2 aromatic rings. The highest BCUT2D eigenvalue weighted by Gasteiger charge is 2.29. The first-order chi connectivity index (χ1) is 7.56. The van der Waals surface area contributed by atoms with E-state index in [0.717, 1.165) is 16.5 Å². The normalized spacial score (nSPS) is 13.6. The molecule has 0 fully saturated rings. The number of fused-ring (bicyclic) bond motifs is 1. The van der Waals surface area contributed by atoms with Gasteiger partial charge < -0.3 is 10.7 Å². The summed E-state index contributed by atoms with van der Waals surface area (Å²) in [5.41, 5.74) is 7.65. The topological polar surface area (TPSA) is 65.6 Å². The summed E-state index contributed by atoms with van der Waals surface area (Å²) in [7, 11) is 0. The molecule has 82 valence electrons. The van der Waals surface area contributed by atoms with Gasteiger partial charge in [0.05, 0.1) is 11.5 Å². The zero-order valence-corrected chi connectivity index (χ0v) is 9.49. The second-order valence-corrected chi connectivity index (χ2v) is 4.60. The van der Waals surface area contributed by atoms with E-state index in [1.54, 1.807) is 0 Å². The van der Waals surface area contributed by atoms with Gasteiger partial charge in [-0.15, -0.1) is 0 Å². The lowest BCUT2D eigenvalue weighted by Crippen LogP contribution is -2.27. The number of nitrogens with one attached hydrogen (secondary N) is 1. The van der Waals surface area contributed by atoms with Crippen LogP contribution in [-0.2, 0) is 0 Å². The van der Waals surface area contributed by atoms with Crippen molar-refractivity contribution in [1.82, 2.24) is 4.98 Å². The van der Waals surface area contributed by atoms with E-state index in [2.05, 4.69) is 11.1 Å². The van der Waals surface area contributed by atoms with Crippen molar-refractivity contribution in [2.45, 2.75) is 19.9 Å². The number of H-pyrrole nitrogens is 1. The molecular weight excluding hydrogens is 198 g/mol. The first kappa shape index (κ1) is 10.7. The van der Waals surface area contributed by atoms with Crippen molar-refractivity contribution in [3.63, 3.8) is 0 Å². The average Bonchev–Trinajstić information content (AvgIpc) is 2.71. The van der Waals surface area contributed by atoms with Crippen molar-refractivity contribution in [1.29, 1.82) is 5.26 Å². The Morgan fingerprint density at radius 3 is 2.75 bits per heavy atom. The fourth-order valence-electron chi connectivity index (χ4n) is 1.81. The van der Waals surface area contributed by atoms with E-state index >= 15 is 0 Å². The molecule has 0 aliphatic rings. The standard InChI is InChI=1S/C13H15N3/c1-13(2,8-14)12(15)10-7-16-11-6-4-3-5-9(10)11/h3-7,12,16H,15H2,1-2H3. The second kappa shape index (κ2) is 3.66. The van der Waals surface area contributed by atoms with Crippen molar-refractivity contribution in [2.24, 2.45) is 11.1 Å². The number of aromatic nitrogens is 1. The molecule has 0 amide bonds. The predicted octanol–water partition coefficient (Wildman–Crippen LogP) is 2.72. The van der Waals surface area contributed by atoms with Crippen molar-refractivity contribution in [3.05, 3.63) is 36.0 Å². The van der Waals surface area contributed by atoms with Crippen LogP contribution in [0.5, 0.6) is 0 Å². The minimum Gasteiger partial charge on any atom is -0.361 e. The molecule has 0 bridgehead atoms. The van der Waals surface area contributed by atoms with Gasteiger partial charge in [-0.05, 0) is 25.5 Å². The Morgan fingerprint density at radius 2 is 2.06 bits per heavy atom. The Balaban J connectivity index is 2.53. The summed E-state index contributed by atoms with van der Waals surface area (Å²) in [5.74, 6) is 0. The smallest absolute Gasteiger partial charge is 0.0710 e. The van der Waals surface area contributed by atoms with Crippen molar-refractivity contribution >= 4 is 10.9 Å². The van der Waals surface area contributed by atoms with Gasteiger partial charge in [0.1, 0.15) is 0 Å². The van der Waals surface area contributed by atoms with Gasteiger partial charge in [-0.1, -0.05) is 18.2 Å². The quantitative estimate of drug-likeness (QED) is 0.805. The van der Waals surface area contributed by atoms with Crippen LogP contribution in [0.4, 0.5) is 0 Å². The van der Waals surface area contributed by atoms with Crippen LogP contribution in [0.15, 0.2) is 30.5 Å². The van der Waals surface area contributed by atoms with Crippen LogP contribution in [0.1, 0.15) is 25.5 Å². The minimum atomic E-state index is -0.565. The Kier molecular flexibility index (Phi) is 2.45. The third-order valence-electron chi connectivity index (χ3n) is 3.02. The Bertz CT molecular complexity index is 546. The molecule has 0 radical (unpaired) electrons. The van der Waals surface area contributed by atoms with Gasteiger partial charge in [0, 0.05) is 23.1 Å². The Labute approximate surface area is 94.9 Å². The number of nitrogens with two attached hydrogens (primary N) is 1. The molecule has 3 heteroatoms. The number of nitriles is 1. The predicted molar refractivity (Wildman–Crippen MR) is 64.6 cm³/mol. The van der Waals surface area contributed by atoms with Crippen LogP contribution >= 0.6 is 0 Å². The molecule has 0 saturated carbocycles. The van der Waals surface area contributed by atoms with Crippen molar-refractivity contribution < 1.29 is 0 Å². The number of benzene rings is 1. The van der Waals surface area contributed by atoms with E-state index in [0.29, 0.717) is 0 Å². The minimum absolute atomic E-state index is 0.284. The summed E-state index contributed by atoms with van der Waals surface area (Å²) >= 11 is 0. The first-order valence-corrected chi connectivity index (χ1v) is 5.29. The number of hydrogen-bond donors (Lipinski definition) is 2. The van der Waals surface area contributed by atoms with E-state index in [1.807, 2.05) is 44.3 Å². The molecule has 16 heavy (non-hydrogen) atoms. The molecule has 0 aliphatic heterocycles. The summed E-state index contributed by atoms with van der Waals surface area (Å²) in [6.07, 6.45) is 1.90. The highest BCUT2D eigenvalue weighted by Crippen LogP contribution is 2.34. The van der Waals surface area contributed by atoms with E-state index < -0.39 is 5.41 Å². The summed E-state index contributed by atoms with van der Waals surface area (Å²) in [6.45, 7) is 3.72. The number of aromatic amines is 1. The van der Waals surface area contributed by atoms with Crippen LogP contribution < -0.4 is 5.73 Å². The molecular formula is C13H15N3. The van der Waals surface area contributed by atoms with Gasteiger partial charge in [-0.2, -0.15) is 5.26 Å². The average molecular weight is 213 g/mol. The fraction of sp³-hybridized carbons (Fsp3) is 0.308. The van der Waals surface area contributed by atoms with E-state index in [9.17, 15) is 0 Å². The third kappa shape index (κ3) is 1.58. The Morgan fingerprint density at radius 1 is 1.38 bits per heavy atom. The van der Waals surface area contributed by atoms with Crippen LogP contribution in [0.25, 0.3) is 10.9 Å². The monoisotopic (exact) mass is 213 g/mol. The van der Waals surface area contributed by atoms with Crippen molar-refractivity contribution in [2.75, 3.05) is 0 Å². The number of nitrogens with zero attached hydrogens (tertiary/aromatic N) is 1. The van der Waals surface area contributed by atoms with Gasteiger partial charge in [-0.3, -0.25) is 0 Å². The first-order valence-electron chi connectivity index (χ1n) is 5.29. The zero-order chi connectivity index (χ0) is 11.8. The summed E-state index contributed by atoms with van der Waals surface area (Å²) < 4.78 is 0. The molecule has 1 aromatic heterocycles. The van der Waals surface area contributed by atoms with Gasteiger partial charge in [0.15, 0.2) is 0 Å². The molecule has 3 N–H and O–H groups in total. The van der Waals surface area contributed by atoms with Crippen LogP contribution in [-0.4, -0.2) is 4.98 Å². The number of hydrogen-bond acceptors (Lipinski definition) is 2. The van der Waals surface area contributed by atoms with Crippen molar-refractivity contribution in [3.8, 4) is 6.07 Å². The molecule has 0 saturated heterocycles. The molecule has 0 aliphatic carbocycles. The molecule has 2 rings (SSSR count). The third-order valence-corrected chi connectivity index (χ3v) is 3.02. The van der Waals surface area contributed by atoms with Crippen LogP contribution in [0, 0.1) is 16.7 Å². The maximum Gasteiger partial charge on any atom is 0.0710 e. The molecule has 1 aromatic carbocycles. The summed E-state index contributed by atoms with van der Waals surface area (Å²) in [4.78, 5) is 3.18. The number of rotatable bonds is 2. The maximum absolute atomic E-state index is 9.10. The molecule has 1 atom stereocenters. The second-order valence-electron chi connectivity index (χ2n) is 4.60. The van der Waals surface area contributed by atoms with Crippen LogP contribution in [0.3, 0.4) is 0 Å². The molecule has 1 heterocycles. The fourth-order valence-corrected chi connectivity index (χ4v) is 1.81. The summed E-state index contributed by atoms with van der Waals surface area (Å²) in [6, 6.07) is 9.95. The number of para-hydroxylation sites is 1. The SMILES string of the molecule is CC(C)(C#N)C(N)c1c[nH]c2ccccc12. The lowest BCUT2D eigenvalue weighted by Gasteiger charge is -2.23. The Hall–Kier alpha value is -1.79. The van der Waals surface area contributed by atoms with Gasteiger partial charge in [-0.25, -0.2) is 0 Å². The molecule has 1 unspecified atom stereocenters.